The Morgan fingerprint density at radius 3 is 1.45 bits per heavy atom. The van der Waals surface area contributed by atoms with Gasteiger partial charge in [0.15, 0.2) is 0 Å². The lowest BCUT2D eigenvalue weighted by molar-refractivity contribution is 0.436. The molecule has 0 N–H and O–H groups in total. The highest BCUT2D eigenvalue weighted by Gasteiger charge is 2.52. The summed E-state index contributed by atoms with van der Waals surface area (Å²) in [5, 5.41) is 2.59. The monoisotopic (exact) mass is 698 g/mol. The fourth-order valence-electron chi connectivity index (χ4n) is 10.7. The number of ether oxygens (including phenoxy) is 1. The van der Waals surface area contributed by atoms with Gasteiger partial charge in [-0.3, -0.25) is 0 Å². The van der Waals surface area contributed by atoms with Crippen molar-refractivity contribution in [1.29, 1.82) is 0 Å². The molecule has 3 aliphatic rings. The standard InChI is InChI=1S/C54H34O/c1-3-19-36(20-4-1)53(37-21-5-2-6-22-37)46-31-11-12-34-49(46)55-52-43(28-16-33-48(52)53)42-27-15-26-41-39-24-8-10-30-45(39)54(51(41)42)44-29-9-7-23-38(44)40-25-13-17-35-18-14-32-47(54)50(35)40/h1-34H. The first-order valence-electron chi connectivity index (χ1n) is 19.2. The van der Waals surface area contributed by atoms with Crippen LogP contribution in [0.3, 0.4) is 0 Å². The highest BCUT2D eigenvalue weighted by atomic mass is 16.5. The number of hydrogen-bond acceptors (Lipinski definition) is 1. The molecule has 1 nitrogen and oxygen atoms in total. The Kier molecular flexibility index (Phi) is 6.25. The van der Waals surface area contributed by atoms with Gasteiger partial charge in [0.2, 0.25) is 0 Å². The Morgan fingerprint density at radius 1 is 0.291 bits per heavy atom. The lowest BCUT2D eigenvalue weighted by Crippen LogP contribution is -2.34. The summed E-state index contributed by atoms with van der Waals surface area (Å²) in [6.07, 6.45) is 0. The van der Waals surface area contributed by atoms with E-state index in [-0.39, 0.29) is 0 Å². The van der Waals surface area contributed by atoms with Crippen LogP contribution < -0.4 is 4.74 Å². The van der Waals surface area contributed by atoms with E-state index in [0.717, 1.165) is 28.2 Å². The van der Waals surface area contributed by atoms with Crippen LogP contribution >= 0.6 is 0 Å². The van der Waals surface area contributed by atoms with Crippen molar-refractivity contribution >= 4 is 10.8 Å². The molecule has 0 radical (unpaired) electrons. The number of rotatable bonds is 3. The molecule has 0 saturated carbocycles. The molecule has 9 aromatic carbocycles. The second-order valence-electron chi connectivity index (χ2n) is 15.0. The molecule has 0 aromatic heterocycles. The van der Waals surface area contributed by atoms with Crippen LogP contribution in [0.25, 0.3) is 44.2 Å². The van der Waals surface area contributed by atoms with Gasteiger partial charge in [0.25, 0.3) is 0 Å². The predicted molar refractivity (Wildman–Crippen MR) is 224 cm³/mol. The molecule has 2 aliphatic carbocycles. The zero-order valence-corrected chi connectivity index (χ0v) is 30.0. The molecule has 9 aromatic rings. The van der Waals surface area contributed by atoms with Gasteiger partial charge in [-0.1, -0.05) is 200 Å². The molecule has 1 atom stereocenters. The molecule has 1 unspecified atom stereocenters. The number of hydrogen-bond donors (Lipinski definition) is 0. The third-order valence-corrected chi connectivity index (χ3v) is 12.6. The average molecular weight is 699 g/mol. The van der Waals surface area contributed by atoms with E-state index in [4.69, 9.17) is 4.74 Å². The van der Waals surface area contributed by atoms with Crippen molar-refractivity contribution < 1.29 is 4.74 Å². The third kappa shape index (κ3) is 3.82. The Labute approximate surface area is 320 Å². The van der Waals surface area contributed by atoms with Crippen molar-refractivity contribution in [3.05, 3.63) is 251 Å². The van der Waals surface area contributed by atoms with Crippen molar-refractivity contribution in [2.45, 2.75) is 10.8 Å². The van der Waals surface area contributed by atoms with Gasteiger partial charge >= 0.3 is 0 Å². The summed E-state index contributed by atoms with van der Waals surface area (Å²) in [5.74, 6) is 1.78. The van der Waals surface area contributed by atoms with Crippen LogP contribution in [-0.2, 0) is 10.8 Å². The van der Waals surface area contributed by atoms with E-state index < -0.39 is 10.8 Å². The summed E-state index contributed by atoms with van der Waals surface area (Å²) in [6.45, 7) is 0. The van der Waals surface area contributed by atoms with Gasteiger partial charge in [-0.2, -0.15) is 0 Å². The Bertz CT molecular complexity index is 2970. The van der Waals surface area contributed by atoms with Gasteiger partial charge in [0.1, 0.15) is 11.5 Å². The fraction of sp³-hybridized carbons (Fsp3) is 0.0370. The highest BCUT2D eigenvalue weighted by Crippen LogP contribution is 2.65. The molecule has 0 bridgehead atoms. The lowest BCUT2D eigenvalue weighted by atomic mass is 9.60. The maximum atomic E-state index is 7.26. The molecule has 1 heteroatoms. The van der Waals surface area contributed by atoms with Crippen LogP contribution in [0.15, 0.2) is 206 Å². The molecule has 55 heavy (non-hydrogen) atoms. The van der Waals surface area contributed by atoms with Crippen LogP contribution in [0.4, 0.5) is 0 Å². The highest BCUT2D eigenvalue weighted by molar-refractivity contribution is 6.08. The first-order chi connectivity index (χ1) is 27.3. The van der Waals surface area contributed by atoms with Gasteiger partial charge in [0, 0.05) is 16.7 Å². The smallest absolute Gasteiger partial charge is 0.140 e. The molecule has 1 aliphatic heterocycles. The molecule has 1 heterocycles. The van der Waals surface area contributed by atoms with E-state index in [9.17, 15) is 0 Å². The predicted octanol–water partition coefficient (Wildman–Crippen LogP) is 13.3. The Balaban J connectivity index is 1.23. The van der Waals surface area contributed by atoms with Crippen LogP contribution in [0, 0.1) is 0 Å². The van der Waals surface area contributed by atoms with Gasteiger partial charge in [0.05, 0.1) is 10.8 Å². The maximum absolute atomic E-state index is 7.26. The summed E-state index contributed by atoms with van der Waals surface area (Å²) in [7, 11) is 0. The first kappa shape index (κ1) is 30.5. The third-order valence-electron chi connectivity index (χ3n) is 12.6. The fourth-order valence-corrected chi connectivity index (χ4v) is 10.7. The second kappa shape index (κ2) is 11.3. The maximum Gasteiger partial charge on any atom is 0.140 e. The van der Waals surface area contributed by atoms with Crippen molar-refractivity contribution in [2.24, 2.45) is 0 Å². The van der Waals surface area contributed by atoms with Crippen molar-refractivity contribution in [2.75, 3.05) is 0 Å². The normalized spacial score (nSPS) is 16.4. The van der Waals surface area contributed by atoms with E-state index in [2.05, 4.69) is 206 Å². The van der Waals surface area contributed by atoms with Crippen LogP contribution in [-0.4, -0.2) is 0 Å². The zero-order valence-electron chi connectivity index (χ0n) is 30.0. The summed E-state index contributed by atoms with van der Waals surface area (Å²) < 4.78 is 7.26. The molecule has 12 rings (SSSR count). The summed E-state index contributed by atoms with van der Waals surface area (Å²) >= 11 is 0. The summed E-state index contributed by atoms with van der Waals surface area (Å²) in [5.41, 5.74) is 16.2. The molecular formula is C54H34O. The molecule has 0 amide bonds. The topological polar surface area (TPSA) is 9.23 Å². The van der Waals surface area contributed by atoms with Gasteiger partial charge < -0.3 is 4.74 Å². The quantitative estimate of drug-likeness (QED) is 0.178. The van der Waals surface area contributed by atoms with Crippen molar-refractivity contribution in [3.63, 3.8) is 0 Å². The van der Waals surface area contributed by atoms with E-state index >= 15 is 0 Å². The SMILES string of the molecule is c1ccc(C2(c3ccccc3)c3ccccc3Oc3c(-c4cccc5c4C4(c6ccccc6-5)c5ccccc5-c5cccc6cccc4c56)cccc32)cc1. The van der Waals surface area contributed by atoms with E-state index in [1.165, 1.54) is 72.0 Å². The molecule has 256 valence electrons. The number of benzene rings is 9. The Hall–Kier alpha value is -6.96. The van der Waals surface area contributed by atoms with E-state index in [0.29, 0.717) is 0 Å². The van der Waals surface area contributed by atoms with E-state index in [1.807, 2.05) is 0 Å². The Morgan fingerprint density at radius 2 is 0.745 bits per heavy atom. The second-order valence-corrected chi connectivity index (χ2v) is 15.0. The minimum Gasteiger partial charge on any atom is -0.456 e. The number of fused-ring (bicyclic) bond motifs is 11. The van der Waals surface area contributed by atoms with Crippen LogP contribution in [0.1, 0.15) is 44.5 Å². The molecule has 1 spiro atoms. The minimum absolute atomic E-state index is 0.557. The van der Waals surface area contributed by atoms with Gasteiger partial charge in [-0.25, -0.2) is 0 Å². The van der Waals surface area contributed by atoms with Gasteiger partial charge in [-0.05, 0) is 78.0 Å². The molecule has 0 fully saturated rings. The van der Waals surface area contributed by atoms with Crippen LogP contribution in [0.5, 0.6) is 11.5 Å². The summed E-state index contributed by atoms with van der Waals surface area (Å²) in [6, 6.07) is 76.1. The number of para-hydroxylation sites is 2. The zero-order chi connectivity index (χ0) is 36.1. The largest absolute Gasteiger partial charge is 0.456 e. The van der Waals surface area contributed by atoms with Gasteiger partial charge in [-0.15, -0.1) is 0 Å². The minimum atomic E-state index is -0.608. The lowest BCUT2D eigenvalue weighted by Gasteiger charge is -2.43. The first-order valence-corrected chi connectivity index (χ1v) is 19.2. The van der Waals surface area contributed by atoms with Crippen molar-refractivity contribution in [1.82, 2.24) is 0 Å². The van der Waals surface area contributed by atoms with Crippen LogP contribution in [0.2, 0.25) is 0 Å². The molecule has 0 saturated heterocycles. The summed E-state index contributed by atoms with van der Waals surface area (Å²) in [4.78, 5) is 0. The van der Waals surface area contributed by atoms with Crippen molar-refractivity contribution in [3.8, 4) is 44.9 Å². The molecular weight excluding hydrogens is 665 g/mol. The van der Waals surface area contributed by atoms with E-state index in [1.54, 1.807) is 0 Å². The average Bonchev–Trinajstić information content (AvgIpc) is 3.56.